The summed E-state index contributed by atoms with van der Waals surface area (Å²) < 4.78 is 32.8. The van der Waals surface area contributed by atoms with Gasteiger partial charge >= 0.3 is 5.97 Å². The fourth-order valence-electron chi connectivity index (χ4n) is 1.92. The number of nitrogens with one attached hydrogen (secondary N) is 1. The van der Waals surface area contributed by atoms with Crippen molar-refractivity contribution in [2.75, 3.05) is 32.8 Å². The number of hydrogen-bond donors (Lipinski definition) is 2. The van der Waals surface area contributed by atoms with Crippen LogP contribution < -0.4 is 4.72 Å². The van der Waals surface area contributed by atoms with E-state index in [-0.39, 0.29) is 26.2 Å². The summed E-state index contributed by atoms with van der Waals surface area (Å²) in [6, 6.07) is 0. The summed E-state index contributed by atoms with van der Waals surface area (Å²) in [4.78, 5) is 10.8. The van der Waals surface area contributed by atoms with E-state index in [9.17, 15) is 13.2 Å². The first kappa shape index (κ1) is 17.1. The number of aliphatic carboxylic acids is 1. The number of carboxylic acid groups (broad SMARTS) is 1. The van der Waals surface area contributed by atoms with Crippen LogP contribution in [0.4, 0.5) is 0 Å². The lowest BCUT2D eigenvalue weighted by Gasteiger charge is -2.29. The highest BCUT2D eigenvalue weighted by Crippen LogP contribution is 2.18. The van der Waals surface area contributed by atoms with E-state index in [2.05, 4.69) is 11.3 Å². The lowest BCUT2D eigenvalue weighted by molar-refractivity contribution is -0.142. The summed E-state index contributed by atoms with van der Waals surface area (Å²) in [5.41, 5.74) is 0.878. The van der Waals surface area contributed by atoms with Gasteiger partial charge in [-0.05, 0) is 19.8 Å². The molecule has 0 bridgehead atoms. The maximum absolute atomic E-state index is 12.0. The van der Waals surface area contributed by atoms with Crippen molar-refractivity contribution in [2.24, 2.45) is 5.92 Å². The van der Waals surface area contributed by atoms with Gasteiger partial charge in [0, 0.05) is 19.6 Å². The van der Waals surface area contributed by atoms with Gasteiger partial charge in [0.05, 0.1) is 19.1 Å². The van der Waals surface area contributed by atoms with Crippen molar-refractivity contribution < 1.29 is 23.1 Å². The molecule has 1 aliphatic rings. The molecule has 0 aromatic heterocycles. The van der Waals surface area contributed by atoms with Crippen LogP contribution in [-0.4, -0.2) is 56.6 Å². The first-order chi connectivity index (χ1) is 9.33. The van der Waals surface area contributed by atoms with Crippen molar-refractivity contribution in [3.8, 4) is 0 Å². The Morgan fingerprint density at radius 3 is 2.55 bits per heavy atom. The van der Waals surface area contributed by atoms with Gasteiger partial charge in [-0.3, -0.25) is 4.79 Å². The molecule has 0 unspecified atom stereocenters. The van der Waals surface area contributed by atoms with Crippen molar-refractivity contribution in [2.45, 2.75) is 19.8 Å². The molecular formula is C12H22N2O5S. The zero-order valence-corrected chi connectivity index (χ0v) is 12.5. The molecule has 116 valence electrons. The molecular weight excluding hydrogens is 284 g/mol. The SMILES string of the molecule is C=C(C)COCCNS(=O)(=O)N1CCC(C(=O)O)CC1. The van der Waals surface area contributed by atoms with Crippen molar-refractivity contribution in [1.82, 2.24) is 9.03 Å². The zero-order chi connectivity index (χ0) is 15.2. The minimum atomic E-state index is -3.55. The second-order valence-electron chi connectivity index (χ2n) is 4.92. The highest BCUT2D eigenvalue weighted by Gasteiger charge is 2.30. The van der Waals surface area contributed by atoms with Crippen LogP contribution >= 0.6 is 0 Å². The number of piperidine rings is 1. The number of carbonyl (C=O) groups is 1. The van der Waals surface area contributed by atoms with E-state index in [0.29, 0.717) is 19.4 Å². The normalized spacial score (nSPS) is 18.1. The minimum Gasteiger partial charge on any atom is -0.481 e. The topological polar surface area (TPSA) is 95.9 Å². The summed E-state index contributed by atoms with van der Waals surface area (Å²) in [7, 11) is -3.55. The maximum Gasteiger partial charge on any atom is 0.306 e. The van der Waals surface area contributed by atoms with E-state index in [0.717, 1.165) is 5.57 Å². The first-order valence-corrected chi connectivity index (χ1v) is 7.96. The predicted octanol–water partition coefficient (Wildman–Crippen LogP) is 0.210. The van der Waals surface area contributed by atoms with Crippen molar-refractivity contribution in [1.29, 1.82) is 0 Å². The lowest BCUT2D eigenvalue weighted by atomic mass is 9.99. The summed E-state index contributed by atoms with van der Waals surface area (Å²) >= 11 is 0. The summed E-state index contributed by atoms with van der Waals surface area (Å²) in [5.74, 6) is -1.30. The third-order valence-corrected chi connectivity index (χ3v) is 4.64. The Hall–Kier alpha value is -0.960. The van der Waals surface area contributed by atoms with Gasteiger partial charge in [0.25, 0.3) is 10.2 Å². The Labute approximate surface area is 119 Å². The van der Waals surface area contributed by atoms with Gasteiger partial charge < -0.3 is 9.84 Å². The van der Waals surface area contributed by atoms with Crippen LogP contribution in [0.3, 0.4) is 0 Å². The molecule has 1 heterocycles. The molecule has 0 aliphatic carbocycles. The van der Waals surface area contributed by atoms with Crippen molar-refractivity contribution in [3.05, 3.63) is 12.2 Å². The highest BCUT2D eigenvalue weighted by atomic mass is 32.2. The summed E-state index contributed by atoms with van der Waals surface area (Å²) in [6.07, 6.45) is 0.699. The third-order valence-electron chi connectivity index (χ3n) is 3.02. The second kappa shape index (κ2) is 7.72. The molecule has 1 fully saturated rings. The smallest absolute Gasteiger partial charge is 0.306 e. The molecule has 8 heteroatoms. The molecule has 0 aromatic carbocycles. The molecule has 20 heavy (non-hydrogen) atoms. The summed E-state index contributed by atoms with van der Waals surface area (Å²) in [6.45, 7) is 6.85. The van der Waals surface area contributed by atoms with Crippen LogP contribution in [0.5, 0.6) is 0 Å². The number of carboxylic acids is 1. The van der Waals surface area contributed by atoms with E-state index < -0.39 is 22.1 Å². The highest BCUT2D eigenvalue weighted by molar-refractivity contribution is 7.87. The molecule has 0 aromatic rings. The Balaban J connectivity index is 2.31. The van der Waals surface area contributed by atoms with E-state index in [1.165, 1.54) is 4.31 Å². The molecule has 2 N–H and O–H groups in total. The average molecular weight is 306 g/mol. The van der Waals surface area contributed by atoms with Crippen LogP contribution in [0, 0.1) is 5.92 Å². The number of ether oxygens (including phenoxy) is 1. The quantitative estimate of drug-likeness (QED) is 0.494. The molecule has 1 aliphatic heterocycles. The molecule has 0 saturated carbocycles. The van der Waals surface area contributed by atoms with E-state index in [4.69, 9.17) is 9.84 Å². The van der Waals surface area contributed by atoms with Gasteiger partial charge in [-0.15, -0.1) is 0 Å². The first-order valence-electron chi connectivity index (χ1n) is 6.52. The molecule has 1 saturated heterocycles. The zero-order valence-electron chi connectivity index (χ0n) is 11.7. The van der Waals surface area contributed by atoms with Gasteiger partial charge in [0.1, 0.15) is 0 Å². The van der Waals surface area contributed by atoms with Crippen molar-refractivity contribution in [3.63, 3.8) is 0 Å². The molecule has 0 amide bonds. The second-order valence-corrected chi connectivity index (χ2v) is 6.68. The summed E-state index contributed by atoms with van der Waals surface area (Å²) in [5, 5.41) is 8.87. The fourth-order valence-corrected chi connectivity index (χ4v) is 3.14. The molecule has 0 spiro atoms. The van der Waals surface area contributed by atoms with Crippen molar-refractivity contribution >= 4 is 16.2 Å². The standard InChI is InChI=1S/C12H22N2O5S/c1-10(2)9-19-8-5-13-20(17,18)14-6-3-11(4-7-14)12(15)16/h11,13H,1,3-9H2,2H3,(H,15,16). The van der Waals surface area contributed by atoms with Gasteiger partial charge in [-0.1, -0.05) is 12.2 Å². The van der Waals surface area contributed by atoms with Gasteiger partial charge in [-0.2, -0.15) is 17.4 Å². The lowest BCUT2D eigenvalue weighted by Crippen LogP contribution is -2.46. The molecule has 0 atom stereocenters. The molecule has 7 nitrogen and oxygen atoms in total. The van der Waals surface area contributed by atoms with E-state index in [1.807, 2.05) is 6.92 Å². The maximum atomic E-state index is 12.0. The Morgan fingerprint density at radius 2 is 2.05 bits per heavy atom. The monoisotopic (exact) mass is 306 g/mol. The van der Waals surface area contributed by atoms with Crippen LogP contribution in [-0.2, 0) is 19.7 Å². The molecule has 1 rings (SSSR count). The van der Waals surface area contributed by atoms with E-state index in [1.54, 1.807) is 0 Å². The molecule has 0 radical (unpaired) electrons. The van der Waals surface area contributed by atoms with Gasteiger partial charge in [-0.25, -0.2) is 0 Å². The fraction of sp³-hybridized carbons (Fsp3) is 0.750. The Morgan fingerprint density at radius 1 is 1.45 bits per heavy atom. The van der Waals surface area contributed by atoms with Crippen LogP contribution in [0.1, 0.15) is 19.8 Å². The van der Waals surface area contributed by atoms with Crippen LogP contribution in [0.2, 0.25) is 0 Å². The predicted molar refractivity (Wildman–Crippen MR) is 74.5 cm³/mol. The van der Waals surface area contributed by atoms with Gasteiger partial charge in [0.2, 0.25) is 0 Å². The van der Waals surface area contributed by atoms with Crippen LogP contribution in [0.15, 0.2) is 12.2 Å². The number of rotatable bonds is 8. The third kappa shape index (κ3) is 5.58. The average Bonchev–Trinajstić information content (AvgIpc) is 2.38. The Bertz CT molecular complexity index is 441. The largest absolute Gasteiger partial charge is 0.481 e. The van der Waals surface area contributed by atoms with Gasteiger partial charge in [0.15, 0.2) is 0 Å². The number of nitrogens with zero attached hydrogens (tertiary/aromatic N) is 1. The minimum absolute atomic E-state index is 0.189. The number of hydrogen-bond acceptors (Lipinski definition) is 4. The van der Waals surface area contributed by atoms with Crippen LogP contribution in [0.25, 0.3) is 0 Å². The Kier molecular flexibility index (Phi) is 6.60. The van der Waals surface area contributed by atoms with E-state index >= 15 is 0 Å².